The number of carbonyl (C=O) groups is 1. The number of fused-ring (bicyclic) bond motifs is 4. The number of amides is 2. The third-order valence-electron chi connectivity index (χ3n) is 6.42. The first-order chi connectivity index (χ1) is 14.8. The lowest BCUT2D eigenvalue weighted by molar-refractivity contribution is 0.0510. The second-order valence-electron chi connectivity index (χ2n) is 8.33. The summed E-state index contributed by atoms with van der Waals surface area (Å²) in [4.78, 5) is 18.0. The number of carbonyl (C=O) groups excluding carboxylic acids is 1. The average Bonchev–Trinajstić information content (AvgIpc) is 3.13. The summed E-state index contributed by atoms with van der Waals surface area (Å²) in [5.41, 5.74) is 2.07. The van der Waals surface area contributed by atoms with Gasteiger partial charge in [0.25, 0.3) is 0 Å². The number of hydrogen-bond acceptors (Lipinski definition) is 5. The first-order valence-corrected chi connectivity index (χ1v) is 12.2. The summed E-state index contributed by atoms with van der Waals surface area (Å²) in [5, 5.41) is 14.1. The Labute approximate surface area is 182 Å². The molecule has 0 bridgehead atoms. The molecule has 31 heavy (non-hydrogen) atoms. The molecule has 1 spiro atoms. The smallest absolute Gasteiger partial charge is 0.318 e. The van der Waals surface area contributed by atoms with Crippen molar-refractivity contribution in [2.24, 2.45) is 0 Å². The maximum Gasteiger partial charge on any atom is 0.318 e. The van der Waals surface area contributed by atoms with Crippen LogP contribution in [-0.2, 0) is 15.4 Å². The lowest BCUT2D eigenvalue weighted by Crippen LogP contribution is -2.68. The van der Waals surface area contributed by atoms with E-state index in [1.165, 1.54) is 4.31 Å². The predicted molar refractivity (Wildman–Crippen MR) is 118 cm³/mol. The van der Waals surface area contributed by atoms with Crippen molar-refractivity contribution in [2.45, 2.75) is 31.7 Å². The van der Waals surface area contributed by atoms with Gasteiger partial charge in [-0.25, -0.2) is 13.2 Å². The van der Waals surface area contributed by atoms with Gasteiger partial charge in [0.05, 0.1) is 25.5 Å². The molecule has 3 heterocycles. The van der Waals surface area contributed by atoms with Gasteiger partial charge in [-0.3, -0.25) is 0 Å². The van der Waals surface area contributed by atoms with Crippen molar-refractivity contribution in [1.82, 2.24) is 19.5 Å². The molecular formula is C21H30N4O5S. The zero-order valence-electron chi connectivity index (χ0n) is 18.1. The average molecular weight is 451 g/mol. The van der Waals surface area contributed by atoms with Gasteiger partial charge in [-0.05, 0) is 31.0 Å². The van der Waals surface area contributed by atoms with Crippen LogP contribution >= 0.6 is 0 Å². The van der Waals surface area contributed by atoms with Gasteiger partial charge in [0.2, 0.25) is 10.0 Å². The Kier molecular flexibility index (Phi) is 5.65. The minimum Gasteiger partial charge on any atom is -0.497 e. The van der Waals surface area contributed by atoms with Gasteiger partial charge >= 0.3 is 6.03 Å². The molecule has 0 aliphatic carbocycles. The van der Waals surface area contributed by atoms with Crippen molar-refractivity contribution in [3.05, 3.63) is 29.5 Å². The van der Waals surface area contributed by atoms with Gasteiger partial charge in [0, 0.05) is 54.3 Å². The number of urea groups is 1. The Balaban J connectivity index is 1.83. The van der Waals surface area contributed by atoms with E-state index in [1.807, 2.05) is 25.1 Å². The second-order valence-corrected chi connectivity index (χ2v) is 10.6. The molecule has 2 amide bonds. The first-order valence-electron chi connectivity index (χ1n) is 10.6. The van der Waals surface area contributed by atoms with Gasteiger partial charge in [0.15, 0.2) is 0 Å². The number of methoxy groups -OCH3 is 1. The summed E-state index contributed by atoms with van der Waals surface area (Å²) >= 11 is 0. The highest BCUT2D eigenvalue weighted by molar-refractivity contribution is 7.89. The van der Waals surface area contributed by atoms with Gasteiger partial charge in [-0.15, -0.1) is 0 Å². The quantitative estimate of drug-likeness (QED) is 0.618. The van der Waals surface area contributed by atoms with E-state index in [1.54, 1.807) is 18.9 Å². The highest BCUT2D eigenvalue weighted by atomic mass is 32.2. The molecule has 0 saturated carbocycles. The Morgan fingerprint density at radius 1 is 1.32 bits per heavy atom. The fraction of sp³-hybridized carbons (Fsp3) is 0.571. The standard InChI is InChI=1S/C21H30N4O5S/c1-4-8-22-20(27)25-13-21(11-24(12-21)31(28,29)5-2)18-15-7-6-14(30-3)9-16(15)23-19(18)17(25)10-26/h6-7,9,17,23,26H,4-5,8,10-13H2,1-3H3,(H,22,27)/t17-/m0/s1. The van der Waals surface area contributed by atoms with Crippen LogP contribution in [0.5, 0.6) is 5.75 Å². The van der Waals surface area contributed by atoms with Crippen molar-refractivity contribution in [3.63, 3.8) is 0 Å². The van der Waals surface area contributed by atoms with Crippen LogP contribution < -0.4 is 10.1 Å². The molecule has 1 aromatic carbocycles. The number of benzene rings is 1. The predicted octanol–water partition coefficient (Wildman–Crippen LogP) is 1.55. The molecule has 10 heteroatoms. The van der Waals surface area contributed by atoms with E-state index in [0.717, 1.165) is 28.6 Å². The van der Waals surface area contributed by atoms with Crippen molar-refractivity contribution in [1.29, 1.82) is 0 Å². The summed E-state index contributed by atoms with van der Waals surface area (Å²) in [5.74, 6) is 0.739. The van der Waals surface area contributed by atoms with E-state index in [9.17, 15) is 18.3 Å². The molecule has 2 aliphatic heterocycles. The maximum absolute atomic E-state index is 13.0. The van der Waals surface area contributed by atoms with Crippen LogP contribution in [0.15, 0.2) is 18.2 Å². The molecule has 1 fully saturated rings. The van der Waals surface area contributed by atoms with Crippen LogP contribution in [0.1, 0.15) is 37.6 Å². The molecule has 4 rings (SSSR count). The molecule has 2 aliphatic rings. The Morgan fingerprint density at radius 3 is 2.68 bits per heavy atom. The van der Waals surface area contributed by atoms with E-state index < -0.39 is 21.5 Å². The van der Waals surface area contributed by atoms with Crippen LogP contribution in [0.3, 0.4) is 0 Å². The second kappa shape index (κ2) is 7.99. The van der Waals surface area contributed by atoms with Crippen LogP contribution in [0, 0.1) is 0 Å². The van der Waals surface area contributed by atoms with Crippen molar-refractivity contribution >= 4 is 27.0 Å². The van der Waals surface area contributed by atoms with E-state index in [0.29, 0.717) is 31.9 Å². The summed E-state index contributed by atoms with van der Waals surface area (Å²) in [6.07, 6.45) is 0.800. The summed E-state index contributed by atoms with van der Waals surface area (Å²) < 4.78 is 31.7. The number of nitrogens with one attached hydrogen (secondary N) is 2. The molecule has 9 nitrogen and oxygen atoms in total. The maximum atomic E-state index is 13.0. The number of aromatic amines is 1. The van der Waals surface area contributed by atoms with E-state index in [4.69, 9.17) is 4.74 Å². The van der Waals surface area contributed by atoms with Crippen LogP contribution in [0.25, 0.3) is 10.9 Å². The molecular weight excluding hydrogens is 420 g/mol. The van der Waals surface area contributed by atoms with Gasteiger partial charge in [-0.1, -0.05) is 6.92 Å². The number of aliphatic hydroxyl groups is 1. The number of sulfonamides is 1. The van der Waals surface area contributed by atoms with Crippen LogP contribution in [0.4, 0.5) is 4.79 Å². The van der Waals surface area contributed by atoms with Gasteiger partial charge in [-0.2, -0.15) is 4.31 Å². The minimum absolute atomic E-state index is 0.0426. The summed E-state index contributed by atoms with van der Waals surface area (Å²) in [6, 6.07) is 4.93. The number of rotatable bonds is 6. The third-order valence-corrected chi connectivity index (χ3v) is 8.20. The molecule has 170 valence electrons. The van der Waals surface area contributed by atoms with Gasteiger partial charge < -0.3 is 25.0 Å². The monoisotopic (exact) mass is 450 g/mol. The Morgan fingerprint density at radius 2 is 2.06 bits per heavy atom. The lowest BCUT2D eigenvalue weighted by Gasteiger charge is -2.55. The largest absolute Gasteiger partial charge is 0.497 e. The SMILES string of the molecule is CCCNC(=O)N1CC2(CN(S(=O)(=O)CC)C2)c2c([nH]c3cc(OC)ccc23)[C@@H]1CO. The summed E-state index contributed by atoms with van der Waals surface area (Å²) in [6.45, 7) is 4.88. The first kappa shape index (κ1) is 21.9. The zero-order valence-corrected chi connectivity index (χ0v) is 19.0. The Hall–Kier alpha value is -2.30. The topological polar surface area (TPSA) is 115 Å². The number of aliphatic hydroxyl groups excluding tert-OH is 1. The molecule has 0 radical (unpaired) electrons. The van der Waals surface area contributed by atoms with Crippen LogP contribution in [0.2, 0.25) is 0 Å². The van der Waals surface area contributed by atoms with Crippen molar-refractivity contribution in [2.75, 3.05) is 45.6 Å². The van der Waals surface area contributed by atoms with E-state index in [-0.39, 0.29) is 18.4 Å². The molecule has 2 aromatic rings. The van der Waals surface area contributed by atoms with Crippen molar-refractivity contribution < 1.29 is 23.1 Å². The number of aromatic nitrogens is 1. The lowest BCUT2D eigenvalue weighted by atomic mass is 9.70. The number of hydrogen-bond donors (Lipinski definition) is 3. The van der Waals surface area contributed by atoms with Crippen LogP contribution in [-0.4, -0.2) is 79.4 Å². The van der Waals surface area contributed by atoms with E-state index in [2.05, 4.69) is 10.3 Å². The summed E-state index contributed by atoms with van der Waals surface area (Å²) in [7, 11) is -1.72. The molecule has 0 unspecified atom stereocenters. The zero-order chi connectivity index (χ0) is 22.4. The molecule has 1 aromatic heterocycles. The van der Waals surface area contributed by atoms with Gasteiger partial charge in [0.1, 0.15) is 5.75 Å². The number of nitrogens with zero attached hydrogens (tertiary/aromatic N) is 2. The normalized spacial score (nSPS) is 20.5. The van der Waals surface area contributed by atoms with E-state index >= 15 is 0 Å². The fourth-order valence-electron chi connectivity index (χ4n) is 4.82. The number of ether oxygens (including phenoxy) is 1. The third kappa shape index (κ3) is 3.46. The molecule has 3 N–H and O–H groups in total. The minimum atomic E-state index is -3.32. The molecule has 1 atom stereocenters. The highest BCUT2D eigenvalue weighted by Gasteiger charge is 2.56. The molecule has 1 saturated heterocycles. The number of H-pyrrole nitrogens is 1. The Bertz CT molecular complexity index is 1090. The van der Waals surface area contributed by atoms with Crippen molar-refractivity contribution in [3.8, 4) is 5.75 Å². The highest BCUT2D eigenvalue weighted by Crippen LogP contribution is 2.49. The fourth-order valence-corrected chi connectivity index (χ4v) is 6.07.